The molecule has 0 spiro atoms. The van der Waals surface area contributed by atoms with Crippen LogP contribution < -0.4 is 10.5 Å². The van der Waals surface area contributed by atoms with Crippen molar-refractivity contribution in [3.8, 4) is 11.6 Å². The Balaban J connectivity index is 2.03. The van der Waals surface area contributed by atoms with Gasteiger partial charge in [0.1, 0.15) is 5.75 Å². The molecule has 94 valence electrons. The highest BCUT2D eigenvalue weighted by Crippen LogP contribution is 2.30. The van der Waals surface area contributed by atoms with Crippen LogP contribution in [-0.4, -0.2) is 4.98 Å². The minimum atomic E-state index is 0.470. The van der Waals surface area contributed by atoms with E-state index in [1.54, 1.807) is 24.4 Å². The van der Waals surface area contributed by atoms with Crippen molar-refractivity contribution in [3.63, 3.8) is 0 Å². The molecule has 0 unspecified atom stereocenters. The fraction of sp³-hybridized carbons (Fsp3) is 0. The SMILES string of the molecule is Nc1ccc(Oc2nccc3ccccc23)cc1Cl. The summed E-state index contributed by atoms with van der Waals surface area (Å²) in [5.41, 5.74) is 6.20. The van der Waals surface area contributed by atoms with Gasteiger partial charge in [0, 0.05) is 17.6 Å². The number of halogens is 1. The van der Waals surface area contributed by atoms with Crippen molar-refractivity contribution in [1.82, 2.24) is 4.98 Å². The Kier molecular flexibility index (Phi) is 2.97. The van der Waals surface area contributed by atoms with E-state index >= 15 is 0 Å². The molecule has 0 saturated carbocycles. The second-order valence-corrected chi connectivity index (χ2v) is 4.53. The van der Waals surface area contributed by atoms with Crippen molar-refractivity contribution in [1.29, 1.82) is 0 Å². The van der Waals surface area contributed by atoms with Crippen LogP contribution in [0.15, 0.2) is 54.7 Å². The van der Waals surface area contributed by atoms with Gasteiger partial charge in [-0.15, -0.1) is 0 Å². The summed E-state index contributed by atoms with van der Waals surface area (Å²) in [6, 6.07) is 15.0. The number of rotatable bonds is 2. The standard InChI is InChI=1S/C15H11ClN2O/c16-13-9-11(5-6-14(13)17)19-15-12-4-2-1-3-10(12)7-8-18-15/h1-9H,17H2. The fourth-order valence-corrected chi connectivity index (χ4v) is 2.03. The average molecular weight is 271 g/mol. The van der Waals surface area contributed by atoms with E-state index < -0.39 is 0 Å². The van der Waals surface area contributed by atoms with Crippen LogP contribution in [0.2, 0.25) is 5.02 Å². The first-order valence-electron chi connectivity index (χ1n) is 5.81. The van der Waals surface area contributed by atoms with Crippen molar-refractivity contribution in [3.05, 3.63) is 59.8 Å². The Morgan fingerprint density at radius 2 is 1.89 bits per heavy atom. The molecule has 2 N–H and O–H groups in total. The monoisotopic (exact) mass is 270 g/mol. The minimum absolute atomic E-state index is 0.470. The molecule has 0 atom stereocenters. The molecule has 0 aliphatic rings. The zero-order chi connectivity index (χ0) is 13.2. The van der Waals surface area contributed by atoms with Crippen molar-refractivity contribution < 1.29 is 4.74 Å². The Labute approximate surface area is 115 Å². The van der Waals surface area contributed by atoms with Crippen LogP contribution in [0.25, 0.3) is 10.8 Å². The van der Waals surface area contributed by atoms with Crippen LogP contribution in [0.4, 0.5) is 5.69 Å². The van der Waals surface area contributed by atoms with Gasteiger partial charge in [-0.3, -0.25) is 0 Å². The average Bonchev–Trinajstić information content (AvgIpc) is 2.43. The Morgan fingerprint density at radius 3 is 2.74 bits per heavy atom. The van der Waals surface area contributed by atoms with Crippen LogP contribution in [0.3, 0.4) is 0 Å². The number of aromatic nitrogens is 1. The van der Waals surface area contributed by atoms with Gasteiger partial charge in [-0.25, -0.2) is 4.98 Å². The number of nitrogen functional groups attached to an aromatic ring is 1. The summed E-state index contributed by atoms with van der Waals surface area (Å²) in [4.78, 5) is 4.26. The first-order valence-corrected chi connectivity index (χ1v) is 6.18. The second-order valence-electron chi connectivity index (χ2n) is 4.12. The van der Waals surface area contributed by atoms with Gasteiger partial charge in [0.15, 0.2) is 0 Å². The molecule has 0 aliphatic carbocycles. The van der Waals surface area contributed by atoms with Crippen LogP contribution >= 0.6 is 11.6 Å². The lowest BCUT2D eigenvalue weighted by atomic mass is 10.2. The summed E-state index contributed by atoms with van der Waals surface area (Å²) in [6.07, 6.45) is 1.72. The highest BCUT2D eigenvalue weighted by molar-refractivity contribution is 6.33. The van der Waals surface area contributed by atoms with Gasteiger partial charge in [-0.05, 0) is 29.7 Å². The quantitative estimate of drug-likeness (QED) is 0.708. The van der Waals surface area contributed by atoms with Gasteiger partial charge in [0.2, 0.25) is 5.88 Å². The number of hydrogen-bond acceptors (Lipinski definition) is 3. The lowest BCUT2D eigenvalue weighted by molar-refractivity contribution is 0.469. The zero-order valence-corrected chi connectivity index (χ0v) is 10.8. The topological polar surface area (TPSA) is 48.1 Å². The van der Waals surface area contributed by atoms with Crippen molar-refractivity contribution in [2.24, 2.45) is 0 Å². The molecule has 3 nitrogen and oxygen atoms in total. The third-order valence-electron chi connectivity index (χ3n) is 2.82. The maximum atomic E-state index is 5.97. The number of fused-ring (bicyclic) bond motifs is 1. The third kappa shape index (κ3) is 2.33. The first kappa shape index (κ1) is 11.8. The largest absolute Gasteiger partial charge is 0.438 e. The first-order chi connectivity index (χ1) is 9.24. The summed E-state index contributed by atoms with van der Waals surface area (Å²) in [6.45, 7) is 0. The molecule has 19 heavy (non-hydrogen) atoms. The number of nitrogens with two attached hydrogens (primary N) is 1. The van der Waals surface area contributed by atoms with E-state index in [4.69, 9.17) is 22.1 Å². The van der Waals surface area contributed by atoms with Crippen molar-refractivity contribution in [2.45, 2.75) is 0 Å². The number of nitrogens with zero attached hydrogens (tertiary/aromatic N) is 1. The molecule has 2 aromatic carbocycles. The molecule has 3 aromatic rings. The molecule has 0 aliphatic heterocycles. The van der Waals surface area contributed by atoms with Gasteiger partial charge in [0.25, 0.3) is 0 Å². The van der Waals surface area contributed by atoms with Gasteiger partial charge in [0.05, 0.1) is 10.7 Å². The highest BCUT2D eigenvalue weighted by atomic mass is 35.5. The predicted octanol–water partition coefficient (Wildman–Crippen LogP) is 4.26. The lowest BCUT2D eigenvalue weighted by Gasteiger charge is -2.08. The van der Waals surface area contributed by atoms with E-state index in [1.165, 1.54) is 0 Å². The number of ether oxygens (including phenoxy) is 1. The molecule has 1 aromatic heterocycles. The predicted molar refractivity (Wildman–Crippen MR) is 77.7 cm³/mol. The summed E-state index contributed by atoms with van der Waals surface area (Å²) in [5.74, 6) is 1.17. The van der Waals surface area contributed by atoms with E-state index in [1.807, 2.05) is 30.3 Å². The van der Waals surface area contributed by atoms with Gasteiger partial charge in [-0.1, -0.05) is 29.8 Å². The third-order valence-corrected chi connectivity index (χ3v) is 3.15. The van der Waals surface area contributed by atoms with E-state index in [-0.39, 0.29) is 0 Å². The molecule has 0 saturated heterocycles. The molecule has 3 rings (SSSR count). The Morgan fingerprint density at radius 1 is 1.05 bits per heavy atom. The van der Waals surface area contributed by atoms with Gasteiger partial charge < -0.3 is 10.5 Å². The Bertz CT molecular complexity index is 738. The lowest BCUT2D eigenvalue weighted by Crippen LogP contribution is -1.91. The maximum Gasteiger partial charge on any atom is 0.227 e. The smallest absolute Gasteiger partial charge is 0.227 e. The molecular weight excluding hydrogens is 260 g/mol. The molecule has 1 heterocycles. The van der Waals surface area contributed by atoms with Gasteiger partial charge in [-0.2, -0.15) is 0 Å². The number of hydrogen-bond donors (Lipinski definition) is 1. The number of pyridine rings is 1. The van der Waals surface area contributed by atoms with E-state index in [0.29, 0.717) is 22.3 Å². The molecule has 0 fully saturated rings. The van der Waals surface area contributed by atoms with Gasteiger partial charge >= 0.3 is 0 Å². The molecular formula is C15H11ClN2O. The fourth-order valence-electron chi connectivity index (χ4n) is 1.86. The molecule has 0 bridgehead atoms. The second kappa shape index (κ2) is 4.78. The molecule has 0 radical (unpaired) electrons. The number of anilines is 1. The summed E-state index contributed by atoms with van der Waals surface area (Å²) < 4.78 is 5.78. The highest BCUT2D eigenvalue weighted by Gasteiger charge is 2.05. The van der Waals surface area contributed by atoms with Crippen molar-refractivity contribution >= 4 is 28.1 Å². The molecule has 4 heteroatoms. The number of benzene rings is 2. The van der Waals surface area contributed by atoms with Crippen LogP contribution in [-0.2, 0) is 0 Å². The summed E-state index contributed by atoms with van der Waals surface area (Å²) >= 11 is 5.97. The van der Waals surface area contributed by atoms with Crippen LogP contribution in [0.5, 0.6) is 11.6 Å². The van der Waals surface area contributed by atoms with E-state index in [2.05, 4.69) is 4.98 Å². The zero-order valence-electron chi connectivity index (χ0n) is 10.0. The van der Waals surface area contributed by atoms with E-state index in [0.717, 1.165) is 10.8 Å². The summed E-state index contributed by atoms with van der Waals surface area (Å²) in [5, 5.41) is 2.50. The van der Waals surface area contributed by atoms with Crippen molar-refractivity contribution in [2.75, 3.05) is 5.73 Å². The summed E-state index contributed by atoms with van der Waals surface area (Å²) in [7, 11) is 0. The Hall–Kier alpha value is -2.26. The minimum Gasteiger partial charge on any atom is -0.438 e. The van der Waals surface area contributed by atoms with Crippen LogP contribution in [0.1, 0.15) is 0 Å². The maximum absolute atomic E-state index is 5.97. The van der Waals surface area contributed by atoms with E-state index in [9.17, 15) is 0 Å². The molecule has 0 amide bonds. The normalized spacial score (nSPS) is 10.6. The van der Waals surface area contributed by atoms with Crippen LogP contribution in [0, 0.1) is 0 Å².